The highest BCUT2D eigenvalue weighted by atomic mass is 32.1. The van der Waals surface area contributed by atoms with Crippen molar-refractivity contribution in [1.29, 1.82) is 0 Å². The van der Waals surface area contributed by atoms with Crippen LogP contribution in [0.2, 0.25) is 0 Å². The molecular weight excluding hydrogens is 366 g/mol. The van der Waals surface area contributed by atoms with E-state index in [0.29, 0.717) is 34.0 Å². The minimum absolute atomic E-state index is 0.338. The molecule has 1 unspecified atom stereocenters. The van der Waals surface area contributed by atoms with Crippen LogP contribution in [-0.2, 0) is 20.7 Å². The van der Waals surface area contributed by atoms with E-state index in [9.17, 15) is 9.59 Å². The van der Waals surface area contributed by atoms with Crippen molar-refractivity contribution in [3.8, 4) is 5.75 Å². The standard InChI is InChI=1S/C20H21NO5S/c1-11(12-6-5-7-13(10-12)24-2)21-18-17(20(23)26-4)16-14(19(22)25-3)8-9-15(16)27-18/h5-7,10,14,21H,1,8-9H2,2-4H3. The zero-order valence-electron chi connectivity index (χ0n) is 15.5. The second kappa shape index (κ2) is 7.84. The van der Waals surface area contributed by atoms with Gasteiger partial charge >= 0.3 is 11.9 Å². The monoisotopic (exact) mass is 387 g/mol. The summed E-state index contributed by atoms with van der Waals surface area (Å²) in [5.74, 6) is -0.557. The lowest BCUT2D eigenvalue weighted by Gasteiger charge is -2.13. The van der Waals surface area contributed by atoms with Gasteiger partial charge in [-0.05, 0) is 30.5 Å². The van der Waals surface area contributed by atoms with Gasteiger partial charge in [0.05, 0.1) is 32.8 Å². The number of carbonyl (C=O) groups is 2. The average Bonchev–Trinajstić information content (AvgIpc) is 3.25. The third-order valence-electron chi connectivity index (χ3n) is 4.59. The number of carbonyl (C=O) groups excluding carboxylic acids is 2. The van der Waals surface area contributed by atoms with Gasteiger partial charge in [0.25, 0.3) is 0 Å². The molecule has 1 aromatic carbocycles. The Hall–Kier alpha value is -2.80. The summed E-state index contributed by atoms with van der Waals surface area (Å²) >= 11 is 1.45. The van der Waals surface area contributed by atoms with Crippen LogP contribution in [0.3, 0.4) is 0 Å². The van der Waals surface area contributed by atoms with Crippen LogP contribution in [0.15, 0.2) is 30.8 Å². The summed E-state index contributed by atoms with van der Waals surface area (Å²) in [6.07, 6.45) is 1.35. The highest BCUT2D eigenvalue weighted by molar-refractivity contribution is 7.17. The fourth-order valence-electron chi connectivity index (χ4n) is 3.26. The van der Waals surface area contributed by atoms with Crippen molar-refractivity contribution in [1.82, 2.24) is 0 Å². The average molecular weight is 387 g/mol. The molecule has 0 fully saturated rings. The number of hydrogen-bond donors (Lipinski definition) is 1. The fourth-order valence-corrected chi connectivity index (χ4v) is 4.55. The first kappa shape index (κ1) is 19.0. The summed E-state index contributed by atoms with van der Waals surface area (Å²) in [4.78, 5) is 25.6. The Morgan fingerprint density at radius 1 is 1.22 bits per heavy atom. The van der Waals surface area contributed by atoms with E-state index in [4.69, 9.17) is 14.2 Å². The van der Waals surface area contributed by atoms with Gasteiger partial charge in [-0.25, -0.2) is 4.79 Å². The van der Waals surface area contributed by atoms with E-state index in [2.05, 4.69) is 11.9 Å². The molecule has 2 aromatic rings. The number of fused-ring (bicyclic) bond motifs is 1. The van der Waals surface area contributed by atoms with Crippen molar-refractivity contribution in [3.05, 3.63) is 52.4 Å². The van der Waals surface area contributed by atoms with Gasteiger partial charge in [-0.2, -0.15) is 0 Å². The topological polar surface area (TPSA) is 73.9 Å². The highest BCUT2D eigenvalue weighted by Gasteiger charge is 2.38. The Labute approximate surface area is 161 Å². The Kier molecular flexibility index (Phi) is 5.51. The van der Waals surface area contributed by atoms with Gasteiger partial charge in [-0.3, -0.25) is 4.79 Å². The molecular formula is C20H21NO5S. The van der Waals surface area contributed by atoms with E-state index in [-0.39, 0.29) is 5.97 Å². The third-order valence-corrected chi connectivity index (χ3v) is 5.77. The zero-order valence-corrected chi connectivity index (χ0v) is 16.3. The van der Waals surface area contributed by atoms with Gasteiger partial charge in [-0.1, -0.05) is 18.7 Å². The van der Waals surface area contributed by atoms with E-state index in [1.54, 1.807) is 7.11 Å². The van der Waals surface area contributed by atoms with Gasteiger partial charge in [-0.15, -0.1) is 11.3 Å². The number of aryl methyl sites for hydroxylation is 1. The molecule has 0 amide bonds. The molecule has 0 aliphatic heterocycles. The highest BCUT2D eigenvalue weighted by Crippen LogP contribution is 2.46. The normalized spacial score (nSPS) is 15.0. The van der Waals surface area contributed by atoms with E-state index < -0.39 is 11.9 Å². The van der Waals surface area contributed by atoms with Crippen molar-refractivity contribution >= 4 is 34.0 Å². The minimum Gasteiger partial charge on any atom is -0.497 e. The SMILES string of the molecule is C=C(Nc1sc2c(c1C(=O)OC)C(C(=O)OC)CC2)c1cccc(OC)c1. The molecule has 1 heterocycles. The van der Waals surface area contributed by atoms with Crippen molar-refractivity contribution in [2.45, 2.75) is 18.8 Å². The van der Waals surface area contributed by atoms with Crippen LogP contribution in [0.25, 0.3) is 5.70 Å². The molecule has 142 valence electrons. The molecule has 0 bridgehead atoms. The van der Waals surface area contributed by atoms with E-state index in [0.717, 1.165) is 16.9 Å². The molecule has 1 aliphatic carbocycles. The molecule has 0 saturated heterocycles. The lowest BCUT2D eigenvalue weighted by Crippen LogP contribution is -2.15. The smallest absolute Gasteiger partial charge is 0.341 e. The molecule has 27 heavy (non-hydrogen) atoms. The lowest BCUT2D eigenvalue weighted by molar-refractivity contribution is -0.142. The first-order chi connectivity index (χ1) is 13.0. The summed E-state index contributed by atoms with van der Waals surface area (Å²) in [6.45, 7) is 4.07. The Morgan fingerprint density at radius 2 is 2.00 bits per heavy atom. The van der Waals surface area contributed by atoms with Crippen LogP contribution in [0.1, 0.15) is 38.7 Å². The molecule has 1 atom stereocenters. The number of nitrogens with one attached hydrogen (secondary N) is 1. The number of hydrogen-bond acceptors (Lipinski definition) is 7. The second-order valence-corrected chi connectivity index (χ2v) is 7.19. The molecule has 1 aromatic heterocycles. The zero-order chi connectivity index (χ0) is 19.6. The summed E-state index contributed by atoms with van der Waals surface area (Å²) in [5, 5.41) is 3.83. The largest absolute Gasteiger partial charge is 0.497 e. The van der Waals surface area contributed by atoms with Crippen LogP contribution in [0, 0.1) is 0 Å². The van der Waals surface area contributed by atoms with E-state index >= 15 is 0 Å². The van der Waals surface area contributed by atoms with Crippen molar-refractivity contribution < 1.29 is 23.8 Å². The number of ether oxygens (including phenoxy) is 3. The summed E-state index contributed by atoms with van der Waals surface area (Å²) in [6, 6.07) is 7.46. The van der Waals surface area contributed by atoms with Crippen LogP contribution in [0.5, 0.6) is 5.75 Å². The molecule has 3 rings (SSSR count). The molecule has 0 spiro atoms. The molecule has 7 heteroatoms. The predicted molar refractivity (Wildman–Crippen MR) is 104 cm³/mol. The van der Waals surface area contributed by atoms with Crippen LogP contribution in [-0.4, -0.2) is 33.3 Å². The number of esters is 2. The molecule has 0 saturated carbocycles. The number of anilines is 1. The van der Waals surface area contributed by atoms with Crippen molar-refractivity contribution in [2.75, 3.05) is 26.6 Å². The first-order valence-corrected chi connectivity index (χ1v) is 9.23. The minimum atomic E-state index is -0.482. The maximum atomic E-state index is 12.5. The summed E-state index contributed by atoms with van der Waals surface area (Å²) in [5.41, 5.74) is 2.55. The Balaban J connectivity index is 1.97. The van der Waals surface area contributed by atoms with Gasteiger partial charge in [0.15, 0.2) is 0 Å². The molecule has 0 radical (unpaired) electrons. The Morgan fingerprint density at radius 3 is 2.67 bits per heavy atom. The quantitative estimate of drug-likeness (QED) is 0.760. The number of benzene rings is 1. The maximum absolute atomic E-state index is 12.5. The summed E-state index contributed by atoms with van der Waals surface area (Å²) < 4.78 is 15.1. The van der Waals surface area contributed by atoms with Crippen molar-refractivity contribution in [3.63, 3.8) is 0 Å². The van der Waals surface area contributed by atoms with Crippen LogP contribution in [0.4, 0.5) is 5.00 Å². The van der Waals surface area contributed by atoms with E-state index in [1.807, 2.05) is 24.3 Å². The van der Waals surface area contributed by atoms with Gasteiger partial charge < -0.3 is 19.5 Å². The maximum Gasteiger partial charge on any atom is 0.341 e. The van der Waals surface area contributed by atoms with Crippen LogP contribution < -0.4 is 10.1 Å². The Bertz CT molecular complexity index is 902. The van der Waals surface area contributed by atoms with Gasteiger partial charge in [0, 0.05) is 16.1 Å². The number of rotatable bonds is 6. The van der Waals surface area contributed by atoms with Gasteiger partial charge in [0.1, 0.15) is 10.8 Å². The van der Waals surface area contributed by atoms with Gasteiger partial charge in [0.2, 0.25) is 0 Å². The summed E-state index contributed by atoms with van der Waals surface area (Å²) in [7, 11) is 4.28. The molecule has 6 nitrogen and oxygen atoms in total. The van der Waals surface area contributed by atoms with Crippen LogP contribution >= 0.6 is 11.3 Å². The number of thiophene rings is 1. The fraction of sp³-hybridized carbons (Fsp3) is 0.300. The molecule has 1 N–H and O–H groups in total. The second-order valence-electron chi connectivity index (χ2n) is 6.08. The predicted octanol–water partition coefficient (Wildman–Crippen LogP) is 3.83. The van der Waals surface area contributed by atoms with Crippen molar-refractivity contribution in [2.24, 2.45) is 0 Å². The first-order valence-electron chi connectivity index (χ1n) is 8.42. The van der Waals surface area contributed by atoms with E-state index in [1.165, 1.54) is 25.6 Å². The number of methoxy groups -OCH3 is 3. The lowest BCUT2D eigenvalue weighted by atomic mass is 9.99. The molecule has 1 aliphatic rings. The third kappa shape index (κ3) is 3.55.